The Bertz CT molecular complexity index is 75.1. The summed E-state index contributed by atoms with van der Waals surface area (Å²) in [6.45, 7) is 0. The first-order valence-electron chi connectivity index (χ1n) is 3.21. The summed E-state index contributed by atoms with van der Waals surface area (Å²) < 4.78 is 0. The van der Waals surface area contributed by atoms with Crippen LogP contribution in [-0.4, -0.2) is 5.66 Å². The van der Waals surface area contributed by atoms with Crippen molar-refractivity contribution in [2.45, 2.75) is 37.8 Å². The molecule has 1 fully saturated rings. The van der Waals surface area contributed by atoms with Crippen molar-refractivity contribution in [1.82, 2.24) is 0 Å². The van der Waals surface area contributed by atoms with E-state index in [2.05, 4.69) is 0 Å². The normalized spacial score (nSPS) is 24.7. The molecule has 1 aliphatic rings. The fourth-order valence-corrected chi connectivity index (χ4v) is 1.16. The second-order valence-corrected chi connectivity index (χ2v) is 2.64. The van der Waals surface area contributed by atoms with Gasteiger partial charge in [0.05, 0.1) is 0 Å². The summed E-state index contributed by atoms with van der Waals surface area (Å²) in [4.78, 5) is 0. The van der Waals surface area contributed by atoms with Gasteiger partial charge in [-0.3, -0.25) is 0 Å². The van der Waals surface area contributed by atoms with Crippen LogP contribution in [0.25, 0.3) is 11.5 Å². The fourth-order valence-electron chi connectivity index (χ4n) is 1.16. The molecule has 2 nitrogen and oxygen atoms in total. The molecule has 0 heterocycles. The van der Waals surface area contributed by atoms with Crippen molar-refractivity contribution in [3.8, 4) is 0 Å². The molecule has 1 radical (unpaired) electrons. The third-order valence-electron chi connectivity index (χ3n) is 1.71. The van der Waals surface area contributed by atoms with Gasteiger partial charge in [-0.25, -0.2) is 5.66 Å². The summed E-state index contributed by atoms with van der Waals surface area (Å²) in [5.74, 6) is 0. The van der Waals surface area contributed by atoms with Crippen LogP contribution in [0.5, 0.6) is 0 Å². The van der Waals surface area contributed by atoms with Gasteiger partial charge in [0, 0.05) is 0 Å². The predicted molar refractivity (Wildman–Crippen MR) is 34.5 cm³/mol. The summed E-state index contributed by atoms with van der Waals surface area (Å²) in [7, 11) is 0. The van der Waals surface area contributed by atoms with Gasteiger partial charge in [0.1, 0.15) is 0 Å². The number of nitrogens with one attached hydrogen (secondary N) is 2. The van der Waals surface area contributed by atoms with Gasteiger partial charge in [0.25, 0.3) is 0 Å². The van der Waals surface area contributed by atoms with Crippen molar-refractivity contribution in [1.29, 1.82) is 0 Å². The van der Waals surface area contributed by atoms with Crippen molar-refractivity contribution in [3.05, 3.63) is 11.5 Å². The van der Waals surface area contributed by atoms with E-state index in [1.54, 1.807) is 0 Å². The maximum absolute atomic E-state index is 7.29. The van der Waals surface area contributed by atoms with E-state index in [1.165, 1.54) is 6.42 Å². The number of hydrogen-bond acceptors (Lipinski definition) is 0. The second kappa shape index (κ2) is 3.56. The van der Waals surface area contributed by atoms with Gasteiger partial charge in [-0.2, -0.15) is 0 Å². The van der Waals surface area contributed by atoms with Gasteiger partial charge in [-0.15, -0.1) is 0 Å². The summed E-state index contributed by atoms with van der Waals surface area (Å²) in [6.07, 6.45) is 4.99. The molecular formula is C6H12CoN2. The predicted octanol–water partition coefficient (Wildman–Crippen LogP) is 2.75. The van der Waals surface area contributed by atoms with Gasteiger partial charge in [0.2, 0.25) is 0 Å². The average molecular weight is 171 g/mol. The van der Waals surface area contributed by atoms with E-state index < -0.39 is 5.66 Å². The number of hydrogen-bond donors (Lipinski definition) is 0. The Morgan fingerprint density at radius 3 is 1.56 bits per heavy atom. The minimum absolute atomic E-state index is 0. The minimum atomic E-state index is -0.821. The molecule has 1 rings (SSSR count). The summed E-state index contributed by atoms with van der Waals surface area (Å²) in [5, 5.41) is 0. The van der Waals surface area contributed by atoms with Crippen LogP contribution in [0, 0.1) is 0 Å². The monoisotopic (exact) mass is 171 g/mol. The third-order valence-corrected chi connectivity index (χ3v) is 1.71. The van der Waals surface area contributed by atoms with Crippen LogP contribution in [0.15, 0.2) is 0 Å². The van der Waals surface area contributed by atoms with Crippen LogP contribution in [-0.2, 0) is 16.8 Å². The van der Waals surface area contributed by atoms with E-state index in [4.69, 9.17) is 11.5 Å². The summed E-state index contributed by atoms with van der Waals surface area (Å²) >= 11 is 0. The maximum Gasteiger partial charge on any atom is 2.00 e. The van der Waals surface area contributed by atoms with Gasteiger partial charge < -0.3 is 11.5 Å². The smallest absolute Gasteiger partial charge is 0.690 e. The van der Waals surface area contributed by atoms with Crippen molar-refractivity contribution in [2.24, 2.45) is 0 Å². The molecule has 55 valence electrons. The SMILES string of the molecule is [Co+2].[NH-]C1([NH-])CCCCC1. The van der Waals surface area contributed by atoms with Crippen LogP contribution in [0.3, 0.4) is 0 Å². The largest absolute Gasteiger partial charge is 2.00 e. The molecule has 2 N–H and O–H groups in total. The van der Waals surface area contributed by atoms with Crippen LogP contribution in [0.2, 0.25) is 0 Å². The van der Waals surface area contributed by atoms with Crippen molar-refractivity contribution in [3.63, 3.8) is 0 Å². The van der Waals surface area contributed by atoms with Gasteiger partial charge in [0.15, 0.2) is 0 Å². The van der Waals surface area contributed by atoms with Crippen molar-refractivity contribution < 1.29 is 16.8 Å². The molecule has 0 saturated heterocycles. The summed E-state index contributed by atoms with van der Waals surface area (Å²) in [6, 6.07) is 0. The zero-order chi connectivity index (χ0) is 6.04. The Morgan fingerprint density at radius 1 is 0.889 bits per heavy atom. The zero-order valence-electron chi connectivity index (χ0n) is 5.37. The molecule has 0 spiro atoms. The Balaban J connectivity index is 0.000000640. The molecule has 0 bridgehead atoms. The molecule has 0 unspecified atom stereocenters. The Morgan fingerprint density at radius 2 is 1.33 bits per heavy atom. The molecule has 1 aliphatic carbocycles. The van der Waals surface area contributed by atoms with Crippen LogP contribution < -0.4 is 0 Å². The molecule has 0 amide bonds. The van der Waals surface area contributed by atoms with Gasteiger partial charge in [-0.1, -0.05) is 32.1 Å². The quantitative estimate of drug-likeness (QED) is 0.538. The fraction of sp³-hybridized carbons (Fsp3) is 1.00. The van der Waals surface area contributed by atoms with Crippen LogP contribution in [0.4, 0.5) is 0 Å². The zero-order valence-corrected chi connectivity index (χ0v) is 6.41. The molecule has 0 aromatic carbocycles. The Labute approximate surface area is 66.6 Å². The molecule has 9 heavy (non-hydrogen) atoms. The summed E-state index contributed by atoms with van der Waals surface area (Å²) in [5.41, 5.74) is 13.8. The maximum atomic E-state index is 7.29. The van der Waals surface area contributed by atoms with Gasteiger partial charge in [-0.05, 0) is 0 Å². The standard InChI is InChI=1S/C6H12N2.Co/c7-6(8)4-2-1-3-5-6;/h7-8H,1-5H2;/q-2;+2. The van der Waals surface area contributed by atoms with E-state index in [1.807, 2.05) is 0 Å². The van der Waals surface area contributed by atoms with Crippen molar-refractivity contribution in [2.75, 3.05) is 0 Å². The van der Waals surface area contributed by atoms with E-state index in [0.717, 1.165) is 25.7 Å². The van der Waals surface area contributed by atoms with Crippen molar-refractivity contribution >= 4 is 0 Å². The molecule has 0 aromatic heterocycles. The first-order chi connectivity index (χ1) is 3.71. The molecule has 0 aromatic rings. The van der Waals surface area contributed by atoms with E-state index in [0.29, 0.717) is 0 Å². The Kier molecular flexibility index (Phi) is 3.73. The number of rotatable bonds is 0. The van der Waals surface area contributed by atoms with Crippen LogP contribution >= 0.6 is 0 Å². The molecule has 0 aliphatic heterocycles. The second-order valence-electron chi connectivity index (χ2n) is 2.64. The van der Waals surface area contributed by atoms with Gasteiger partial charge >= 0.3 is 16.8 Å². The van der Waals surface area contributed by atoms with E-state index >= 15 is 0 Å². The minimum Gasteiger partial charge on any atom is -0.690 e. The van der Waals surface area contributed by atoms with E-state index in [9.17, 15) is 0 Å². The van der Waals surface area contributed by atoms with E-state index in [-0.39, 0.29) is 16.8 Å². The first-order valence-corrected chi connectivity index (χ1v) is 3.21. The molecule has 3 heteroatoms. The first kappa shape index (κ1) is 9.43. The average Bonchev–Trinajstić information content (AvgIpc) is 1.65. The third kappa shape index (κ3) is 3.20. The molecular weight excluding hydrogens is 159 g/mol. The topological polar surface area (TPSA) is 47.6 Å². The molecule has 1 saturated carbocycles. The Hall–Kier alpha value is 0.426. The molecule has 0 atom stereocenters. The van der Waals surface area contributed by atoms with Crippen LogP contribution in [0.1, 0.15) is 32.1 Å².